The molecule has 1 aliphatic heterocycles. The van der Waals surface area contributed by atoms with E-state index in [0.29, 0.717) is 6.04 Å². The molecule has 0 aromatic carbocycles. The van der Waals surface area contributed by atoms with E-state index in [1.54, 1.807) is 0 Å². The molecule has 1 aliphatic carbocycles. The topological polar surface area (TPSA) is 24.5 Å². The maximum atomic E-state index is 5.50. The first kappa shape index (κ1) is 16.4. The summed E-state index contributed by atoms with van der Waals surface area (Å²) >= 11 is 1.91. The van der Waals surface area contributed by atoms with Gasteiger partial charge in [0.15, 0.2) is 0 Å². The third-order valence-corrected chi connectivity index (χ3v) is 6.30. The number of nitrogens with one attached hydrogen (secondary N) is 1. The number of hydrogen-bond acceptors (Lipinski definition) is 4. The molecule has 1 aromatic heterocycles. The van der Waals surface area contributed by atoms with Gasteiger partial charge in [0, 0.05) is 36.1 Å². The van der Waals surface area contributed by atoms with E-state index in [1.165, 1.54) is 30.6 Å². The van der Waals surface area contributed by atoms with Crippen LogP contribution in [0.3, 0.4) is 0 Å². The molecule has 0 amide bonds. The Bertz CT molecular complexity index is 434. The third kappa shape index (κ3) is 3.91. The van der Waals surface area contributed by atoms with Crippen molar-refractivity contribution in [3.8, 4) is 0 Å². The van der Waals surface area contributed by atoms with Crippen LogP contribution in [0.2, 0.25) is 0 Å². The van der Waals surface area contributed by atoms with E-state index in [9.17, 15) is 0 Å². The maximum absolute atomic E-state index is 5.50. The Kier molecular flexibility index (Phi) is 5.55. The Morgan fingerprint density at radius 3 is 2.68 bits per heavy atom. The monoisotopic (exact) mass is 322 g/mol. The van der Waals surface area contributed by atoms with Gasteiger partial charge in [-0.2, -0.15) is 0 Å². The maximum Gasteiger partial charge on any atom is 0.0594 e. The Morgan fingerprint density at radius 2 is 2.05 bits per heavy atom. The second-order valence-electron chi connectivity index (χ2n) is 7.33. The van der Waals surface area contributed by atoms with Gasteiger partial charge in [-0.15, -0.1) is 11.3 Å². The van der Waals surface area contributed by atoms with Crippen molar-refractivity contribution in [3.05, 3.63) is 22.4 Å². The highest BCUT2D eigenvalue weighted by Crippen LogP contribution is 2.37. The summed E-state index contributed by atoms with van der Waals surface area (Å²) in [6, 6.07) is 5.04. The third-order valence-electron chi connectivity index (χ3n) is 5.34. The average Bonchev–Trinajstić information content (AvgIpc) is 3.22. The molecule has 2 aliphatic rings. The van der Waals surface area contributed by atoms with E-state index in [2.05, 4.69) is 41.6 Å². The number of thiophene rings is 1. The van der Waals surface area contributed by atoms with Crippen LogP contribution in [0, 0.1) is 5.92 Å². The molecular weight excluding hydrogens is 292 g/mol. The summed E-state index contributed by atoms with van der Waals surface area (Å²) in [6.07, 6.45) is 5.57. The fourth-order valence-corrected chi connectivity index (χ4v) is 4.79. The zero-order valence-electron chi connectivity index (χ0n) is 14.0. The number of ether oxygens (including phenoxy) is 1. The van der Waals surface area contributed by atoms with E-state index >= 15 is 0 Å². The van der Waals surface area contributed by atoms with Crippen molar-refractivity contribution < 1.29 is 4.74 Å². The van der Waals surface area contributed by atoms with E-state index < -0.39 is 0 Å². The number of rotatable bonds is 6. The van der Waals surface area contributed by atoms with Gasteiger partial charge in [-0.05, 0) is 44.1 Å². The molecule has 2 fully saturated rings. The molecule has 124 valence electrons. The first-order valence-electron chi connectivity index (χ1n) is 8.76. The molecule has 3 nitrogen and oxygen atoms in total. The normalized spacial score (nSPS) is 23.0. The molecule has 1 saturated heterocycles. The first-order valence-corrected chi connectivity index (χ1v) is 9.64. The van der Waals surface area contributed by atoms with Crippen LogP contribution in [-0.4, -0.2) is 43.3 Å². The van der Waals surface area contributed by atoms with Crippen molar-refractivity contribution in [3.63, 3.8) is 0 Å². The fourth-order valence-electron chi connectivity index (χ4n) is 3.90. The summed E-state index contributed by atoms with van der Waals surface area (Å²) in [7, 11) is 0. The molecule has 3 rings (SSSR count). The van der Waals surface area contributed by atoms with E-state index in [-0.39, 0.29) is 5.54 Å². The summed E-state index contributed by atoms with van der Waals surface area (Å²) < 4.78 is 5.50. The van der Waals surface area contributed by atoms with Gasteiger partial charge in [0.1, 0.15) is 0 Å². The molecule has 0 spiro atoms. The molecule has 4 heteroatoms. The number of morpholine rings is 1. The highest BCUT2D eigenvalue weighted by Gasteiger charge is 2.32. The van der Waals surface area contributed by atoms with Crippen molar-refractivity contribution >= 4 is 11.3 Å². The minimum Gasteiger partial charge on any atom is -0.379 e. The zero-order chi connectivity index (χ0) is 15.4. The molecule has 1 atom stereocenters. The predicted molar refractivity (Wildman–Crippen MR) is 93.5 cm³/mol. The Hall–Kier alpha value is -0.420. The molecule has 2 heterocycles. The molecule has 22 heavy (non-hydrogen) atoms. The molecule has 0 bridgehead atoms. The van der Waals surface area contributed by atoms with Gasteiger partial charge in [-0.25, -0.2) is 0 Å². The van der Waals surface area contributed by atoms with Crippen LogP contribution in [0.15, 0.2) is 17.5 Å². The number of hydrogen-bond donors (Lipinski definition) is 1. The van der Waals surface area contributed by atoms with Crippen molar-refractivity contribution in [2.75, 3.05) is 32.8 Å². The lowest BCUT2D eigenvalue weighted by molar-refractivity contribution is -0.0109. The molecule has 0 radical (unpaired) electrons. The highest BCUT2D eigenvalue weighted by molar-refractivity contribution is 7.10. The van der Waals surface area contributed by atoms with Gasteiger partial charge in [-0.1, -0.05) is 18.9 Å². The smallest absolute Gasteiger partial charge is 0.0594 e. The predicted octanol–water partition coefficient (Wildman–Crippen LogP) is 3.68. The quantitative estimate of drug-likeness (QED) is 0.864. The van der Waals surface area contributed by atoms with Crippen molar-refractivity contribution in [2.45, 2.75) is 51.1 Å². The van der Waals surface area contributed by atoms with Gasteiger partial charge in [0.25, 0.3) is 0 Å². The largest absolute Gasteiger partial charge is 0.379 e. The fraction of sp³-hybridized carbons (Fsp3) is 0.778. The van der Waals surface area contributed by atoms with Crippen LogP contribution < -0.4 is 5.32 Å². The van der Waals surface area contributed by atoms with Crippen molar-refractivity contribution in [1.29, 1.82) is 0 Å². The van der Waals surface area contributed by atoms with Gasteiger partial charge >= 0.3 is 0 Å². The SMILES string of the molecule is CC(C)(CNC(c1cccs1)C1CCCC1)N1CCOCC1. The highest BCUT2D eigenvalue weighted by atomic mass is 32.1. The zero-order valence-corrected chi connectivity index (χ0v) is 14.8. The van der Waals surface area contributed by atoms with Crippen LogP contribution in [0.1, 0.15) is 50.4 Å². The lowest BCUT2D eigenvalue weighted by Gasteiger charge is -2.42. The second kappa shape index (κ2) is 7.43. The summed E-state index contributed by atoms with van der Waals surface area (Å²) in [5.41, 5.74) is 0.192. The molecule has 1 aromatic rings. The molecular formula is C18H30N2OS. The Labute approximate surface area is 139 Å². The minimum absolute atomic E-state index is 0.192. The van der Waals surface area contributed by atoms with Gasteiger partial charge < -0.3 is 10.1 Å². The van der Waals surface area contributed by atoms with Crippen LogP contribution >= 0.6 is 11.3 Å². The molecule has 1 unspecified atom stereocenters. The van der Waals surface area contributed by atoms with Gasteiger partial charge in [0.05, 0.1) is 13.2 Å². The molecule has 1 N–H and O–H groups in total. The average molecular weight is 323 g/mol. The summed E-state index contributed by atoms with van der Waals surface area (Å²) in [6.45, 7) is 9.65. The minimum atomic E-state index is 0.192. The van der Waals surface area contributed by atoms with E-state index in [0.717, 1.165) is 38.8 Å². The second-order valence-corrected chi connectivity index (χ2v) is 8.31. The standard InChI is InChI=1S/C18H30N2OS/c1-18(2,20-9-11-21-12-10-20)14-19-17(15-6-3-4-7-15)16-8-5-13-22-16/h5,8,13,15,17,19H,3-4,6-7,9-12,14H2,1-2H3. The van der Waals surface area contributed by atoms with Crippen LogP contribution in [0.5, 0.6) is 0 Å². The van der Waals surface area contributed by atoms with Crippen LogP contribution in [0.25, 0.3) is 0 Å². The lowest BCUT2D eigenvalue weighted by atomic mass is 9.94. The number of nitrogens with zero attached hydrogens (tertiary/aromatic N) is 1. The Morgan fingerprint density at radius 1 is 1.32 bits per heavy atom. The summed E-state index contributed by atoms with van der Waals surface area (Å²) in [4.78, 5) is 4.09. The van der Waals surface area contributed by atoms with Crippen molar-refractivity contribution in [1.82, 2.24) is 10.2 Å². The van der Waals surface area contributed by atoms with Crippen LogP contribution in [0.4, 0.5) is 0 Å². The lowest BCUT2D eigenvalue weighted by Crippen LogP contribution is -2.55. The first-order chi connectivity index (χ1) is 10.7. The van der Waals surface area contributed by atoms with Crippen molar-refractivity contribution in [2.24, 2.45) is 5.92 Å². The summed E-state index contributed by atoms with van der Waals surface area (Å²) in [5, 5.41) is 6.14. The molecule has 1 saturated carbocycles. The van der Waals surface area contributed by atoms with E-state index in [4.69, 9.17) is 4.74 Å². The van der Waals surface area contributed by atoms with E-state index in [1.807, 2.05) is 11.3 Å². The van der Waals surface area contributed by atoms with Crippen LogP contribution in [-0.2, 0) is 4.74 Å². The van der Waals surface area contributed by atoms with Gasteiger partial charge in [0.2, 0.25) is 0 Å². The summed E-state index contributed by atoms with van der Waals surface area (Å²) in [5.74, 6) is 0.819. The van der Waals surface area contributed by atoms with Gasteiger partial charge in [-0.3, -0.25) is 4.90 Å². The Balaban J connectivity index is 1.63.